The van der Waals surface area contributed by atoms with Crippen LogP contribution in [0.1, 0.15) is 52.9 Å². The van der Waals surface area contributed by atoms with Crippen LogP contribution < -0.4 is 10.2 Å². The molecule has 0 saturated heterocycles. The second-order valence-corrected chi connectivity index (χ2v) is 6.57. The molecule has 0 aromatic heterocycles. The molecule has 1 aromatic rings. The molecule has 1 N–H and O–H groups in total. The van der Waals surface area contributed by atoms with E-state index in [1.54, 1.807) is 6.07 Å². The van der Waals surface area contributed by atoms with E-state index in [4.69, 9.17) is 0 Å². The van der Waals surface area contributed by atoms with E-state index in [1.165, 1.54) is 32.1 Å². The first-order valence-corrected chi connectivity index (χ1v) is 8.31. The van der Waals surface area contributed by atoms with E-state index in [-0.39, 0.29) is 5.82 Å². The van der Waals surface area contributed by atoms with Crippen LogP contribution >= 0.6 is 0 Å². The number of benzene rings is 1. The molecule has 3 heteroatoms. The molecule has 21 heavy (non-hydrogen) atoms. The Balaban J connectivity index is 2.09. The minimum absolute atomic E-state index is 0.139. The molecule has 0 radical (unpaired) electrons. The monoisotopic (exact) mass is 292 g/mol. The fraction of sp³-hybridized carbons (Fsp3) is 0.667. The Morgan fingerprint density at radius 1 is 1.29 bits per heavy atom. The van der Waals surface area contributed by atoms with Crippen LogP contribution in [0.15, 0.2) is 18.2 Å². The molecule has 2 nitrogen and oxygen atoms in total. The van der Waals surface area contributed by atoms with E-state index >= 15 is 0 Å². The smallest absolute Gasteiger partial charge is 0.148 e. The number of anilines is 2. The molecule has 2 atom stereocenters. The maximum Gasteiger partial charge on any atom is 0.148 e. The van der Waals surface area contributed by atoms with E-state index in [0.29, 0.717) is 17.8 Å². The molecular formula is C18H29FN2. The third-order valence-corrected chi connectivity index (χ3v) is 4.89. The highest BCUT2D eigenvalue weighted by atomic mass is 19.1. The summed E-state index contributed by atoms with van der Waals surface area (Å²) in [6.45, 7) is 6.39. The Morgan fingerprint density at radius 3 is 2.62 bits per heavy atom. The van der Waals surface area contributed by atoms with Crippen LogP contribution in [0.25, 0.3) is 0 Å². The number of hydrogen-bond donors (Lipinski definition) is 1. The summed E-state index contributed by atoms with van der Waals surface area (Å²) < 4.78 is 14.3. The fourth-order valence-corrected chi connectivity index (χ4v) is 3.26. The number of nitrogens with zero attached hydrogens (tertiary/aromatic N) is 1. The fourth-order valence-electron chi connectivity index (χ4n) is 3.26. The Hall–Kier alpha value is -1.25. The molecule has 0 amide bonds. The van der Waals surface area contributed by atoms with E-state index < -0.39 is 0 Å². The predicted molar refractivity (Wildman–Crippen MR) is 89.6 cm³/mol. The molecule has 1 fully saturated rings. The van der Waals surface area contributed by atoms with Gasteiger partial charge in [0.2, 0.25) is 0 Å². The summed E-state index contributed by atoms with van der Waals surface area (Å²) >= 11 is 0. The highest BCUT2D eigenvalue weighted by Gasteiger charge is 2.23. The van der Waals surface area contributed by atoms with Gasteiger partial charge in [-0.25, -0.2) is 4.39 Å². The molecule has 118 valence electrons. The average Bonchev–Trinajstić information content (AvgIpc) is 2.47. The van der Waals surface area contributed by atoms with Crippen molar-refractivity contribution in [3.05, 3.63) is 24.0 Å². The van der Waals surface area contributed by atoms with Gasteiger partial charge in [-0.2, -0.15) is 0 Å². The van der Waals surface area contributed by atoms with Gasteiger partial charge in [0.05, 0.1) is 5.69 Å². The standard InChI is InChI=1S/C18H29FN2/c1-5-14-8-6-7-9-17(14)20-15-10-11-18(16(19)12-15)21(4)13(2)3/h10-14,17,20H,5-9H2,1-4H3. The lowest BCUT2D eigenvalue weighted by atomic mass is 9.83. The van der Waals surface area contributed by atoms with Crippen molar-refractivity contribution in [1.29, 1.82) is 0 Å². The van der Waals surface area contributed by atoms with Gasteiger partial charge in [0.1, 0.15) is 5.82 Å². The van der Waals surface area contributed by atoms with E-state index in [9.17, 15) is 4.39 Å². The highest BCUT2D eigenvalue weighted by molar-refractivity contribution is 5.56. The largest absolute Gasteiger partial charge is 0.382 e. The summed E-state index contributed by atoms with van der Waals surface area (Å²) in [5.41, 5.74) is 1.59. The minimum Gasteiger partial charge on any atom is -0.382 e. The lowest BCUT2D eigenvalue weighted by molar-refractivity contribution is 0.317. The summed E-state index contributed by atoms with van der Waals surface area (Å²) in [5.74, 6) is 0.583. The maximum atomic E-state index is 14.3. The van der Waals surface area contributed by atoms with Gasteiger partial charge in [-0.15, -0.1) is 0 Å². The van der Waals surface area contributed by atoms with Crippen molar-refractivity contribution in [2.75, 3.05) is 17.3 Å². The highest BCUT2D eigenvalue weighted by Crippen LogP contribution is 2.30. The zero-order valence-corrected chi connectivity index (χ0v) is 13.8. The van der Waals surface area contributed by atoms with Crippen molar-refractivity contribution >= 4 is 11.4 Å². The summed E-state index contributed by atoms with van der Waals surface area (Å²) in [6.07, 6.45) is 6.32. The van der Waals surface area contributed by atoms with Crippen LogP contribution in [-0.4, -0.2) is 19.1 Å². The summed E-state index contributed by atoms with van der Waals surface area (Å²) in [4.78, 5) is 1.97. The number of nitrogens with one attached hydrogen (secondary N) is 1. The van der Waals surface area contributed by atoms with E-state index in [2.05, 4.69) is 26.1 Å². The van der Waals surface area contributed by atoms with Crippen molar-refractivity contribution in [2.45, 2.75) is 65.0 Å². The Labute approximate surface area is 128 Å². The van der Waals surface area contributed by atoms with Crippen LogP contribution in [0.3, 0.4) is 0 Å². The molecule has 0 heterocycles. The first-order valence-electron chi connectivity index (χ1n) is 8.31. The topological polar surface area (TPSA) is 15.3 Å². The first-order chi connectivity index (χ1) is 10.0. The van der Waals surface area contributed by atoms with Gasteiger partial charge in [0.25, 0.3) is 0 Å². The molecule has 0 bridgehead atoms. The third-order valence-electron chi connectivity index (χ3n) is 4.89. The van der Waals surface area contributed by atoms with Gasteiger partial charge in [0, 0.05) is 24.8 Å². The third kappa shape index (κ3) is 3.90. The summed E-state index contributed by atoms with van der Waals surface area (Å²) in [5, 5.41) is 3.56. The van der Waals surface area contributed by atoms with Gasteiger partial charge in [-0.3, -0.25) is 0 Å². The van der Waals surface area contributed by atoms with Gasteiger partial charge >= 0.3 is 0 Å². The number of rotatable bonds is 5. The first kappa shape index (κ1) is 16.1. The van der Waals surface area contributed by atoms with Crippen LogP contribution in [0.4, 0.5) is 15.8 Å². The van der Waals surface area contributed by atoms with Crippen molar-refractivity contribution in [1.82, 2.24) is 0 Å². The molecular weight excluding hydrogens is 263 g/mol. The average molecular weight is 292 g/mol. The molecule has 1 saturated carbocycles. The Kier molecular flexibility index (Phi) is 5.49. The van der Waals surface area contributed by atoms with Crippen LogP contribution in [0.2, 0.25) is 0 Å². The number of hydrogen-bond acceptors (Lipinski definition) is 2. The Bertz CT molecular complexity index is 459. The zero-order chi connectivity index (χ0) is 15.4. The van der Waals surface area contributed by atoms with E-state index in [1.807, 2.05) is 24.1 Å². The molecule has 1 aromatic carbocycles. The molecule has 0 aliphatic heterocycles. The van der Waals surface area contributed by atoms with Gasteiger partial charge in [0.15, 0.2) is 0 Å². The number of halogens is 1. The SMILES string of the molecule is CCC1CCCCC1Nc1ccc(N(C)C(C)C)c(F)c1. The van der Waals surface area contributed by atoms with Crippen molar-refractivity contribution in [3.63, 3.8) is 0 Å². The van der Waals surface area contributed by atoms with Crippen LogP contribution in [0, 0.1) is 11.7 Å². The summed E-state index contributed by atoms with van der Waals surface area (Å²) in [7, 11) is 1.93. The Morgan fingerprint density at radius 2 is 2.00 bits per heavy atom. The van der Waals surface area contributed by atoms with E-state index in [0.717, 1.165) is 11.6 Å². The molecule has 2 rings (SSSR count). The quantitative estimate of drug-likeness (QED) is 0.817. The van der Waals surface area contributed by atoms with Gasteiger partial charge in [-0.05, 0) is 50.8 Å². The van der Waals surface area contributed by atoms with Crippen LogP contribution in [-0.2, 0) is 0 Å². The van der Waals surface area contributed by atoms with Gasteiger partial charge in [-0.1, -0.05) is 26.2 Å². The van der Waals surface area contributed by atoms with Crippen molar-refractivity contribution in [3.8, 4) is 0 Å². The second-order valence-electron chi connectivity index (χ2n) is 6.57. The normalized spacial score (nSPS) is 22.4. The van der Waals surface area contributed by atoms with Crippen LogP contribution in [0.5, 0.6) is 0 Å². The molecule has 2 unspecified atom stereocenters. The van der Waals surface area contributed by atoms with Crippen molar-refractivity contribution < 1.29 is 4.39 Å². The second kappa shape index (κ2) is 7.15. The zero-order valence-electron chi connectivity index (χ0n) is 13.8. The minimum atomic E-state index is -0.139. The predicted octanol–water partition coefficient (Wildman–Crippen LogP) is 5.05. The maximum absolute atomic E-state index is 14.3. The molecule has 0 spiro atoms. The molecule has 1 aliphatic rings. The lowest BCUT2D eigenvalue weighted by Crippen LogP contribution is -2.32. The molecule has 1 aliphatic carbocycles. The van der Waals surface area contributed by atoms with Gasteiger partial charge < -0.3 is 10.2 Å². The lowest BCUT2D eigenvalue weighted by Gasteiger charge is -2.32. The summed E-state index contributed by atoms with van der Waals surface area (Å²) in [6, 6.07) is 6.34. The van der Waals surface area contributed by atoms with Crippen molar-refractivity contribution in [2.24, 2.45) is 5.92 Å².